The Labute approximate surface area is 198 Å². The Kier molecular flexibility index (Phi) is 8.82. The third-order valence-corrected chi connectivity index (χ3v) is 6.45. The number of rotatable bonds is 7. The number of amides is 3. The molecule has 0 bridgehead atoms. The van der Waals surface area contributed by atoms with Gasteiger partial charge < -0.3 is 4.90 Å². The number of piperidine rings is 1. The first-order chi connectivity index (χ1) is 15.9. The van der Waals surface area contributed by atoms with Crippen molar-refractivity contribution >= 4 is 29.5 Å². The van der Waals surface area contributed by atoms with Crippen LogP contribution in [0.15, 0.2) is 35.5 Å². The fourth-order valence-electron chi connectivity index (χ4n) is 3.71. The fraction of sp³-hybridized carbons (Fsp3) is 0.458. The molecular formula is C24H31N5O3S. The van der Waals surface area contributed by atoms with Crippen LogP contribution >= 0.6 is 11.8 Å². The smallest absolute Gasteiger partial charge is 0.269 e. The van der Waals surface area contributed by atoms with E-state index >= 15 is 0 Å². The lowest BCUT2D eigenvalue weighted by Crippen LogP contribution is -2.48. The highest BCUT2D eigenvalue weighted by atomic mass is 32.2. The maximum atomic E-state index is 12.4. The topological polar surface area (TPSA) is 104 Å². The van der Waals surface area contributed by atoms with Crippen LogP contribution < -0.4 is 10.9 Å². The van der Waals surface area contributed by atoms with Gasteiger partial charge in [-0.3, -0.25) is 25.2 Å². The Bertz CT molecular complexity index is 968. The second-order valence-corrected chi connectivity index (χ2v) is 9.21. The lowest BCUT2D eigenvalue weighted by molar-refractivity contribution is -0.135. The first kappa shape index (κ1) is 24.7. The maximum absolute atomic E-state index is 12.4. The van der Waals surface area contributed by atoms with Gasteiger partial charge in [0.25, 0.3) is 5.91 Å². The number of hydrogen-bond acceptors (Lipinski definition) is 6. The van der Waals surface area contributed by atoms with Crippen molar-refractivity contribution in [2.75, 3.05) is 13.1 Å². The van der Waals surface area contributed by atoms with Crippen LogP contribution in [0.4, 0.5) is 0 Å². The van der Waals surface area contributed by atoms with Crippen LogP contribution in [0.2, 0.25) is 0 Å². The monoisotopic (exact) mass is 469 g/mol. The quantitative estimate of drug-likeness (QED) is 0.367. The molecule has 2 aromatic rings. The number of nitrogens with one attached hydrogen (secondary N) is 2. The highest BCUT2D eigenvalue weighted by Gasteiger charge is 2.27. The van der Waals surface area contributed by atoms with Crippen LogP contribution in [0.25, 0.3) is 0 Å². The number of nitrogens with zero attached hydrogens (tertiary/aromatic N) is 3. The molecule has 1 fully saturated rings. The van der Waals surface area contributed by atoms with Crippen LogP contribution in [0.1, 0.15) is 59.9 Å². The molecule has 9 heteroatoms. The largest absolute Gasteiger partial charge is 0.343 e. The van der Waals surface area contributed by atoms with E-state index < -0.39 is 0 Å². The minimum atomic E-state index is -0.365. The average Bonchev–Trinajstić information content (AvgIpc) is 2.81. The molecule has 2 heterocycles. The summed E-state index contributed by atoms with van der Waals surface area (Å²) < 4.78 is 0. The van der Waals surface area contributed by atoms with E-state index in [2.05, 4.69) is 20.8 Å². The first-order valence-corrected chi connectivity index (χ1v) is 12.3. The number of carbonyl (C=O) groups excluding carboxylic acids is 3. The molecule has 0 saturated carbocycles. The van der Waals surface area contributed by atoms with Gasteiger partial charge in [-0.05, 0) is 56.9 Å². The predicted molar refractivity (Wildman–Crippen MR) is 127 cm³/mol. The van der Waals surface area contributed by atoms with Crippen LogP contribution in [0, 0.1) is 19.8 Å². The molecule has 0 spiro atoms. The van der Waals surface area contributed by atoms with Gasteiger partial charge >= 0.3 is 0 Å². The van der Waals surface area contributed by atoms with E-state index in [-0.39, 0.29) is 23.6 Å². The van der Waals surface area contributed by atoms with Gasteiger partial charge in [-0.15, -0.1) is 0 Å². The van der Waals surface area contributed by atoms with Crippen LogP contribution in [0.3, 0.4) is 0 Å². The number of aryl methyl sites for hydroxylation is 2. The molecule has 0 radical (unpaired) electrons. The van der Waals surface area contributed by atoms with Crippen molar-refractivity contribution in [1.82, 2.24) is 25.7 Å². The molecule has 1 aromatic carbocycles. The van der Waals surface area contributed by atoms with Gasteiger partial charge in [0.2, 0.25) is 11.8 Å². The summed E-state index contributed by atoms with van der Waals surface area (Å²) in [5, 5.41) is 0.734. The Morgan fingerprint density at radius 1 is 1.03 bits per heavy atom. The van der Waals surface area contributed by atoms with Gasteiger partial charge in [0, 0.05) is 48.1 Å². The Morgan fingerprint density at radius 2 is 1.67 bits per heavy atom. The molecule has 1 aliphatic heterocycles. The molecule has 1 aromatic heterocycles. The molecule has 1 aliphatic rings. The number of hydrogen-bond donors (Lipinski definition) is 2. The molecule has 3 amide bonds. The lowest BCUT2D eigenvalue weighted by atomic mass is 9.96. The van der Waals surface area contributed by atoms with Crippen molar-refractivity contribution in [1.29, 1.82) is 0 Å². The summed E-state index contributed by atoms with van der Waals surface area (Å²) in [6.07, 6.45) is 2.58. The van der Waals surface area contributed by atoms with Crippen molar-refractivity contribution < 1.29 is 14.4 Å². The number of benzene rings is 1. The second-order valence-electron chi connectivity index (χ2n) is 8.27. The normalized spacial score (nSPS) is 14.1. The zero-order valence-corrected chi connectivity index (χ0v) is 20.2. The van der Waals surface area contributed by atoms with Gasteiger partial charge in [0.1, 0.15) is 0 Å². The highest BCUT2D eigenvalue weighted by molar-refractivity contribution is 7.98. The number of thioether (sulfide) groups is 1. The number of carbonyl (C=O) groups is 3. The maximum Gasteiger partial charge on any atom is 0.269 e. The molecule has 1 saturated heterocycles. The van der Waals surface area contributed by atoms with Crippen molar-refractivity contribution in [3.8, 4) is 0 Å². The number of hydrazine groups is 1. The van der Waals surface area contributed by atoms with Crippen LogP contribution in [-0.2, 0) is 15.3 Å². The molecule has 33 heavy (non-hydrogen) atoms. The molecule has 0 aliphatic carbocycles. The van der Waals surface area contributed by atoms with E-state index in [4.69, 9.17) is 0 Å². The van der Waals surface area contributed by atoms with E-state index in [0.717, 1.165) is 28.5 Å². The summed E-state index contributed by atoms with van der Waals surface area (Å²) in [5.74, 6) is 0.0557. The number of likely N-dealkylation sites (tertiary alicyclic amines) is 1. The zero-order valence-electron chi connectivity index (χ0n) is 19.4. The van der Waals surface area contributed by atoms with Gasteiger partial charge in [-0.25, -0.2) is 9.97 Å². The molecule has 3 rings (SSSR count). The standard InChI is InChI=1S/C24H31N5O3S/c1-4-5-21(30)29-12-10-20(11-13-29)23(32)28-27-22(31)19-8-6-18(7-9-19)15-33-24-25-16(2)14-17(3)26-24/h6-9,14,20H,4-5,10-13,15H2,1-3H3,(H,27,31)(H,28,32). The second kappa shape index (κ2) is 11.8. The summed E-state index contributed by atoms with van der Waals surface area (Å²) in [6.45, 7) is 7.04. The van der Waals surface area contributed by atoms with E-state index in [9.17, 15) is 14.4 Å². The van der Waals surface area contributed by atoms with E-state index in [1.165, 1.54) is 0 Å². The van der Waals surface area contributed by atoms with Crippen LogP contribution in [-0.4, -0.2) is 45.7 Å². The van der Waals surface area contributed by atoms with E-state index in [1.54, 1.807) is 23.9 Å². The van der Waals surface area contributed by atoms with Crippen molar-refractivity contribution in [3.05, 3.63) is 52.8 Å². The van der Waals surface area contributed by atoms with E-state index in [0.29, 0.717) is 43.7 Å². The van der Waals surface area contributed by atoms with Gasteiger partial charge in [0.05, 0.1) is 0 Å². The summed E-state index contributed by atoms with van der Waals surface area (Å²) in [4.78, 5) is 47.5. The minimum absolute atomic E-state index is 0.146. The summed E-state index contributed by atoms with van der Waals surface area (Å²) in [5.41, 5.74) is 8.42. The SMILES string of the molecule is CCCC(=O)N1CCC(C(=O)NNC(=O)c2ccc(CSc3nc(C)cc(C)n3)cc2)CC1. The molecule has 8 nitrogen and oxygen atoms in total. The molecule has 0 atom stereocenters. The third-order valence-electron chi connectivity index (χ3n) is 5.53. The summed E-state index contributed by atoms with van der Waals surface area (Å²) >= 11 is 1.55. The molecular weight excluding hydrogens is 438 g/mol. The Hall–Kier alpha value is -2.94. The third kappa shape index (κ3) is 7.28. The Balaban J connectivity index is 1.43. The van der Waals surface area contributed by atoms with Gasteiger partial charge in [0.15, 0.2) is 5.16 Å². The zero-order chi connectivity index (χ0) is 23.8. The first-order valence-electron chi connectivity index (χ1n) is 11.3. The average molecular weight is 470 g/mol. The minimum Gasteiger partial charge on any atom is -0.343 e. The summed E-state index contributed by atoms with van der Waals surface area (Å²) in [7, 11) is 0. The van der Waals surface area contributed by atoms with Gasteiger partial charge in [-0.2, -0.15) is 0 Å². The van der Waals surface area contributed by atoms with Crippen molar-refractivity contribution in [2.24, 2.45) is 5.92 Å². The van der Waals surface area contributed by atoms with E-state index in [1.807, 2.05) is 43.9 Å². The molecule has 0 unspecified atom stereocenters. The highest BCUT2D eigenvalue weighted by Crippen LogP contribution is 2.21. The summed E-state index contributed by atoms with van der Waals surface area (Å²) in [6, 6.07) is 9.17. The predicted octanol–water partition coefficient (Wildman–Crippen LogP) is 3.19. The van der Waals surface area contributed by atoms with Gasteiger partial charge in [-0.1, -0.05) is 30.8 Å². The fourth-order valence-corrected chi connectivity index (χ4v) is 4.62. The van der Waals surface area contributed by atoms with Crippen molar-refractivity contribution in [2.45, 2.75) is 57.4 Å². The Morgan fingerprint density at radius 3 is 2.27 bits per heavy atom. The van der Waals surface area contributed by atoms with Crippen molar-refractivity contribution in [3.63, 3.8) is 0 Å². The molecule has 176 valence electrons. The molecule has 2 N–H and O–H groups in total. The lowest BCUT2D eigenvalue weighted by Gasteiger charge is -2.31. The van der Waals surface area contributed by atoms with Crippen LogP contribution in [0.5, 0.6) is 0 Å². The number of aromatic nitrogens is 2.